The number of benzene rings is 1. The van der Waals surface area contributed by atoms with Crippen molar-refractivity contribution in [3.05, 3.63) is 35.9 Å². The molecule has 0 spiro atoms. The highest BCUT2D eigenvalue weighted by atomic mass is 15.0. The summed E-state index contributed by atoms with van der Waals surface area (Å²) in [7, 11) is 0. The fourth-order valence-corrected chi connectivity index (χ4v) is 2.31. The molecule has 17 heavy (non-hydrogen) atoms. The summed E-state index contributed by atoms with van der Waals surface area (Å²) >= 11 is 0. The molecule has 1 aliphatic rings. The lowest BCUT2D eigenvalue weighted by atomic mass is 9.84. The Labute approximate surface area is 106 Å². The van der Waals surface area contributed by atoms with Crippen molar-refractivity contribution in [2.75, 3.05) is 6.54 Å². The van der Waals surface area contributed by atoms with Gasteiger partial charge in [-0.25, -0.2) is 0 Å². The van der Waals surface area contributed by atoms with Gasteiger partial charge in [-0.1, -0.05) is 36.8 Å². The van der Waals surface area contributed by atoms with Crippen molar-refractivity contribution in [3.8, 4) is 0 Å². The zero-order valence-electron chi connectivity index (χ0n) is 11.2. The molecule has 0 saturated heterocycles. The molecule has 1 aliphatic carbocycles. The number of aryl methyl sites for hydroxylation is 1. The van der Waals surface area contributed by atoms with Gasteiger partial charge in [0, 0.05) is 5.54 Å². The fourth-order valence-electron chi connectivity index (χ4n) is 2.31. The van der Waals surface area contributed by atoms with Crippen LogP contribution in [0.3, 0.4) is 0 Å². The minimum atomic E-state index is 0.269. The van der Waals surface area contributed by atoms with E-state index >= 15 is 0 Å². The van der Waals surface area contributed by atoms with Gasteiger partial charge in [-0.15, -0.1) is 0 Å². The first kappa shape index (κ1) is 12.6. The third-order valence-electron chi connectivity index (χ3n) is 3.98. The monoisotopic (exact) mass is 231 g/mol. The van der Waals surface area contributed by atoms with Crippen LogP contribution in [0.5, 0.6) is 0 Å². The lowest BCUT2D eigenvalue weighted by molar-refractivity contribution is 0.256. The van der Waals surface area contributed by atoms with Gasteiger partial charge in [-0.05, 0) is 57.6 Å². The third kappa shape index (κ3) is 4.16. The first-order valence-electron chi connectivity index (χ1n) is 6.95. The standard InChI is InChI=1S/C16H25N/c1-16(2,17-13-15-9-6-10-15)12-11-14-7-4-3-5-8-14/h3-5,7-8,15,17H,6,9-13H2,1-2H3. The van der Waals surface area contributed by atoms with Crippen LogP contribution in [0.25, 0.3) is 0 Å². The molecule has 0 bridgehead atoms. The maximum atomic E-state index is 3.73. The Bertz CT molecular complexity index is 325. The fraction of sp³-hybridized carbons (Fsp3) is 0.625. The van der Waals surface area contributed by atoms with E-state index in [9.17, 15) is 0 Å². The molecular formula is C16H25N. The molecule has 1 heteroatoms. The highest BCUT2D eigenvalue weighted by Gasteiger charge is 2.22. The number of hydrogen-bond donors (Lipinski definition) is 1. The molecule has 1 saturated carbocycles. The van der Waals surface area contributed by atoms with Gasteiger partial charge in [0.2, 0.25) is 0 Å². The van der Waals surface area contributed by atoms with Crippen molar-refractivity contribution < 1.29 is 0 Å². The largest absolute Gasteiger partial charge is 0.312 e. The molecular weight excluding hydrogens is 206 g/mol. The van der Waals surface area contributed by atoms with Crippen molar-refractivity contribution in [2.45, 2.75) is 51.5 Å². The summed E-state index contributed by atoms with van der Waals surface area (Å²) in [5, 5.41) is 3.73. The SMILES string of the molecule is CC(C)(CCc1ccccc1)NCC1CCC1. The quantitative estimate of drug-likeness (QED) is 0.785. The van der Waals surface area contributed by atoms with Crippen LogP contribution in [-0.4, -0.2) is 12.1 Å². The van der Waals surface area contributed by atoms with E-state index in [1.165, 1.54) is 44.2 Å². The molecule has 1 nitrogen and oxygen atoms in total. The van der Waals surface area contributed by atoms with Crippen molar-refractivity contribution in [1.82, 2.24) is 5.32 Å². The lowest BCUT2D eigenvalue weighted by Crippen LogP contribution is -2.43. The average Bonchev–Trinajstić information content (AvgIpc) is 2.26. The van der Waals surface area contributed by atoms with Crippen LogP contribution in [0, 0.1) is 5.92 Å². The molecule has 0 aliphatic heterocycles. The second-order valence-electron chi connectivity index (χ2n) is 6.05. The molecule has 94 valence electrons. The van der Waals surface area contributed by atoms with E-state index in [1.807, 2.05) is 0 Å². The number of hydrogen-bond acceptors (Lipinski definition) is 1. The Balaban J connectivity index is 1.72. The molecule has 2 rings (SSSR count). The van der Waals surface area contributed by atoms with Crippen LogP contribution < -0.4 is 5.32 Å². The maximum absolute atomic E-state index is 3.73. The highest BCUT2D eigenvalue weighted by molar-refractivity contribution is 5.15. The molecule has 0 heterocycles. The normalized spacial score (nSPS) is 16.8. The summed E-state index contributed by atoms with van der Waals surface area (Å²) in [5.74, 6) is 0.950. The van der Waals surface area contributed by atoms with E-state index in [4.69, 9.17) is 0 Å². The van der Waals surface area contributed by atoms with Gasteiger partial charge in [0.25, 0.3) is 0 Å². The van der Waals surface area contributed by atoms with Gasteiger partial charge in [-0.3, -0.25) is 0 Å². The van der Waals surface area contributed by atoms with Gasteiger partial charge in [0.05, 0.1) is 0 Å². The second-order valence-corrected chi connectivity index (χ2v) is 6.05. The zero-order valence-corrected chi connectivity index (χ0v) is 11.2. The predicted molar refractivity (Wildman–Crippen MR) is 74.2 cm³/mol. The van der Waals surface area contributed by atoms with Crippen LogP contribution in [0.15, 0.2) is 30.3 Å². The molecule has 1 aromatic carbocycles. The molecule has 0 aromatic heterocycles. The first-order valence-corrected chi connectivity index (χ1v) is 6.95. The van der Waals surface area contributed by atoms with Crippen molar-refractivity contribution >= 4 is 0 Å². The Morgan fingerprint density at radius 2 is 1.88 bits per heavy atom. The smallest absolute Gasteiger partial charge is 0.0128 e. The second kappa shape index (κ2) is 5.68. The predicted octanol–water partition coefficient (Wildman–Crippen LogP) is 3.79. The van der Waals surface area contributed by atoms with Crippen molar-refractivity contribution in [3.63, 3.8) is 0 Å². The molecule has 1 fully saturated rings. The summed E-state index contributed by atoms with van der Waals surface area (Å²) in [6, 6.07) is 10.8. The van der Waals surface area contributed by atoms with E-state index < -0.39 is 0 Å². The number of rotatable bonds is 6. The van der Waals surface area contributed by atoms with Gasteiger partial charge < -0.3 is 5.32 Å². The van der Waals surface area contributed by atoms with E-state index in [-0.39, 0.29) is 5.54 Å². The van der Waals surface area contributed by atoms with E-state index in [1.54, 1.807) is 0 Å². The Morgan fingerprint density at radius 3 is 2.47 bits per heavy atom. The molecule has 1 N–H and O–H groups in total. The minimum Gasteiger partial charge on any atom is -0.312 e. The van der Waals surface area contributed by atoms with Crippen LogP contribution >= 0.6 is 0 Å². The lowest BCUT2D eigenvalue weighted by Gasteiger charge is -2.32. The van der Waals surface area contributed by atoms with E-state index in [0.717, 1.165) is 5.92 Å². The molecule has 0 atom stereocenters. The summed E-state index contributed by atoms with van der Waals surface area (Å²) < 4.78 is 0. The summed E-state index contributed by atoms with van der Waals surface area (Å²) in [6.45, 7) is 5.87. The first-order chi connectivity index (χ1) is 8.16. The molecule has 1 aromatic rings. The Morgan fingerprint density at radius 1 is 1.18 bits per heavy atom. The van der Waals surface area contributed by atoms with Crippen LogP contribution in [0.2, 0.25) is 0 Å². The minimum absolute atomic E-state index is 0.269. The van der Waals surface area contributed by atoms with Crippen molar-refractivity contribution in [2.24, 2.45) is 5.92 Å². The molecule has 0 radical (unpaired) electrons. The van der Waals surface area contributed by atoms with Crippen LogP contribution in [0.1, 0.15) is 45.1 Å². The van der Waals surface area contributed by atoms with E-state index in [0.29, 0.717) is 0 Å². The summed E-state index contributed by atoms with van der Waals surface area (Å²) in [4.78, 5) is 0. The Hall–Kier alpha value is -0.820. The maximum Gasteiger partial charge on any atom is 0.0128 e. The zero-order chi connectivity index (χ0) is 12.1. The Kier molecular flexibility index (Phi) is 4.22. The van der Waals surface area contributed by atoms with E-state index in [2.05, 4.69) is 49.5 Å². The summed E-state index contributed by atoms with van der Waals surface area (Å²) in [6.07, 6.45) is 6.69. The molecule has 0 amide bonds. The topological polar surface area (TPSA) is 12.0 Å². The third-order valence-corrected chi connectivity index (χ3v) is 3.98. The van der Waals surface area contributed by atoms with Gasteiger partial charge >= 0.3 is 0 Å². The van der Waals surface area contributed by atoms with Crippen LogP contribution in [0.4, 0.5) is 0 Å². The summed E-state index contributed by atoms with van der Waals surface area (Å²) in [5.41, 5.74) is 1.72. The van der Waals surface area contributed by atoms with Gasteiger partial charge in [-0.2, -0.15) is 0 Å². The average molecular weight is 231 g/mol. The van der Waals surface area contributed by atoms with Gasteiger partial charge in [0.15, 0.2) is 0 Å². The van der Waals surface area contributed by atoms with Crippen molar-refractivity contribution in [1.29, 1.82) is 0 Å². The number of nitrogens with one attached hydrogen (secondary N) is 1. The van der Waals surface area contributed by atoms with Crippen LogP contribution in [-0.2, 0) is 6.42 Å². The molecule has 0 unspecified atom stereocenters. The van der Waals surface area contributed by atoms with Gasteiger partial charge in [0.1, 0.15) is 0 Å². The highest BCUT2D eigenvalue weighted by Crippen LogP contribution is 2.26.